The molecule has 4 aromatic rings. The Labute approximate surface area is 268 Å². The number of methoxy groups -OCH3 is 1. The van der Waals surface area contributed by atoms with Gasteiger partial charge in [-0.05, 0) is 49.2 Å². The number of allylic oxidation sites excluding steroid dienone is 1. The monoisotopic (exact) mass is 639 g/mol. The number of nitrogens with zero attached hydrogens (tertiary/aromatic N) is 3. The van der Waals surface area contributed by atoms with Crippen LogP contribution in [-0.2, 0) is 14.3 Å². The van der Waals surface area contributed by atoms with Crippen molar-refractivity contribution in [2.75, 3.05) is 18.6 Å². The van der Waals surface area contributed by atoms with Crippen LogP contribution in [0.5, 0.6) is 5.75 Å². The molecule has 4 heterocycles. The van der Waals surface area contributed by atoms with Crippen molar-refractivity contribution in [1.82, 2.24) is 4.57 Å². The van der Waals surface area contributed by atoms with Crippen LogP contribution in [0.1, 0.15) is 73.7 Å². The predicted octanol–water partition coefficient (Wildman–Crippen LogP) is 4.91. The predicted molar refractivity (Wildman–Crippen MR) is 172 cm³/mol. The number of carbonyl (C=O) groups is 3. The number of benzene rings is 2. The van der Waals surface area contributed by atoms with Gasteiger partial charge in [-0.15, -0.1) is 0 Å². The fourth-order valence-electron chi connectivity index (χ4n) is 5.92. The summed E-state index contributed by atoms with van der Waals surface area (Å²) in [4.78, 5) is 60.6. The normalized spacial score (nSPS) is 16.6. The number of rotatable bonds is 10. The Morgan fingerprint density at radius 3 is 2.43 bits per heavy atom. The Bertz CT molecular complexity index is 2020. The number of unbranched alkanes of at least 4 members (excludes halogenated alkanes) is 4. The first-order valence-electron chi connectivity index (χ1n) is 15.2. The molecule has 0 saturated heterocycles. The maximum Gasteiger partial charge on any atom is 0.379 e. The highest BCUT2D eigenvalue weighted by Crippen LogP contribution is 2.36. The Kier molecular flexibility index (Phi) is 8.85. The Hall–Kier alpha value is -5.03. The number of para-hydroxylation sites is 1. The number of thiazole rings is 1. The fourth-order valence-corrected chi connectivity index (χ4v) is 7.06. The van der Waals surface area contributed by atoms with Crippen LogP contribution < -0.4 is 24.5 Å². The van der Waals surface area contributed by atoms with Gasteiger partial charge in [-0.1, -0.05) is 74.3 Å². The van der Waals surface area contributed by atoms with E-state index in [0.29, 0.717) is 33.7 Å². The van der Waals surface area contributed by atoms with Crippen LogP contribution in [0.4, 0.5) is 5.69 Å². The van der Waals surface area contributed by atoms with Crippen molar-refractivity contribution in [3.8, 4) is 5.75 Å². The highest BCUT2D eigenvalue weighted by Gasteiger charge is 2.37. The molecule has 6 rings (SSSR count). The van der Waals surface area contributed by atoms with Crippen LogP contribution in [0.2, 0.25) is 0 Å². The molecule has 1 amide bonds. The average Bonchev–Trinajstić information content (AvgIpc) is 3.78. The molecule has 2 aromatic heterocycles. The molecule has 2 aliphatic rings. The van der Waals surface area contributed by atoms with E-state index in [1.54, 1.807) is 42.2 Å². The summed E-state index contributed by atoms with van der Waals surface area (Å²) in [6, 6.07) is 16.2. The number of aromatic nitrogens is 1. The first-order chi connectivity index (χ1) is 22.3. The molecule has 11 heteroatoms. The molecule has 0 unspecified atom stereocenters. The molecule has 2 aromatic carbocycles. The summed E-state index contributed by atoms with van der Waals surface area (Å²) >= 11 is 1.13. The lowest BCUT2D eigenvalue weighted by atomic mass is 9.96. The quantitative estimate of drug-likeness (QED) is 0.137. The van der Waals surface area contributed by atoms with Gasteiger partial charge in [-0.3, -0.25) is 14.2 Å². The summed E-state index contributed by atoms with van der Waals surface area (Å²) < 4.78 is 17.3. The zero-order valence-electron chi connectivity index (χ0n) is 25.8. The molecule has 1 atom stereocenters. The van der Waals surface area contributed by atoms with Crippen LogP contribution >= 0.6 is 11.3 Å². The lowest BCUT2D eigenvalue weighted by Crippen LogP contribution is -2.41. The number of fused-ring (bicyclic) bond motifs is 2. The van der Waals surface area contributed by atoms with Crippen molar-refractivity contribution in [3.63, 3.8) is 0 Å². The van der Waals surface area contributed by atoms with E-state index in [2.05, 4.69) is 11.9 Å². The van der Waals surface area contributed by atoms with E-state index >= 15 is 0 Å². The zero-order valence-corrected chi connectivity index (χ0v) is 26.6. The lowest BCUT2D eigenvalue weighted by molar-refractivity contribution is -0.136. The molecule has 236 valence electrons. The molecular weight excluding hydrogens is 606 g/mol. The van der Waals surface area contributed by atoms with Crippen molar-refractivity contribution in [3.05, 3.63) is 115 Å². The number of carbonyl (C=O) groups excluding carboxylic acids is 3. The van der Waals surface area contributed by atoms with E-state index in [1.807, 2.05) is 24.3 Å². The SMILES string of the molecule is CCCCCCCN1C(=O)/C(=c2\sc3n(c2=O)[C@@H](c2ccc(OC(=O)c4ccco4)cc2)C(C(=O)OC)=C(C)N=3)c2ccccc21. The summed E-state index contributed by atoms with van der Waals surface area (Å²) in [5, 5.41) is 0. The third-order valence-corrected chi connectivity index (χ3v) is 9.22. The summed E-state index contributed by atoms with van der Waals surface area (Å²) in [5.74, 6) is -1.20. The van der Waals surface area contributed by atoms with Crippen molar-refractivity contribution in [1.29, 1.82) is 0 Å². The molecular formula is C35H33N3O7S. The van der Waals surface area contributed by atoms with Gasteiger partial charge in [0.05, 0.1) is 41.9 Å². The number of esters is 2. The lowest BCUT2D eigenvalue weighted by Gasteiger charge is -2.24. The topological polar surface area (TPSA) is 120 Å². The maximum atomic E-state index is 14.4. The van der Waals surface area contributed by atoms with Gasteiger partial charge in [0.25, 0.3) is 11.5 Å². The Morgan fingerprint density at radius 2 is 1.72 bits per heavy atom. The highest BCUT2D eigenvalue weighted by molar-refractivity contribution is 7.07. The van der Waals surface area contributed by atoms with E-state index in [1.165, 1.54) is 24.0 Å². The largest absolute Gasteiger partial charge is 0.466 e. The highest BCUT2D eigenvalue weighted by atomic mass is 32.1. The van der Waals surface area contributed by atoms with Gasteiger partial charge in [0.15, 0.2) is 4.80 Å². The number of anilines is 1. The van der Waals surface area contributed by atoms with Crippen molar-refractivity contribution < 1.29 is 28.3 Å². The van der Waals surface area contributed by atoms with Crippen LogP contribution in [-0.4, -0.2) is 36.1 Å². The van der Waals surface area contributed by atoms with Gasteiger partial charge in [0.2, 0.25) is 5.76 Å². The van der Waals surface area contributed by atoms with E-state index in [0.717, 1.165) is 49.1 Å². The number of hydrogen-bond donors (Lipinski definition) is 0. The summed E-state index contributed by atoms with van der Waals surface area (Å²) in [6.07, 6.45) is 6.67. The molecule has 0 radical (unpaired) electrons. The molecule has 0 fully saturated rings. The van der Waals surface area contributed by atoms with Crippen molar-refractivity contribution in [2.24, 2.45) is 4.99 Å². The van der Waals surface area contributed by atoms with E-state index in [9.17, 15) is 19.2 Å². The van der Waals surface area contributed by atoms with Crippen LogP contribution in [0.3, 0.4) is 0 Å². The smallest absolute Gasteiger partial charge is 0.379 e. The molecule has 0 aliphatic carbocycles. The molecule has 10 nitrogen and oxygen atoms in total. The summed E-state index contributed by atoms with van der Waals surface area (Å²) in [6.45, 7) is 4.42. The minimum atomic E-state index is -0.894. The second-order valence-corrected chi connectivity index (χ2v) is 12.1. The minimum absolute atomic E-state index is 0.0575. The Balaban J connectivity index is 1.43. The minimum Gasteiger partial charge on any atom is -0.466 e. The number of furan rings is 1. The molecule has 0 N–H and O–H groups in total. The summed E-state index contributed by atoms with van der Waals surface area (Å²) in [7, 11) is 1.27. The average molecular weight is 640 g/mol. The van der Waals surface area contributed by atoms with Gasteiger partial charge in [-0.25, -0.2) is 14.6 Å². The second kappa shape index (κ2) is 13.1. The molecule has 0 saturated carbocycles. The fraction of sp³-hybridized carbons (Fsp3) is 0.286. The number of ether oxygens (including phenoxy) is 2. The van der Waals surface area contributed by atoms with Crippen LogP contribution in [0.25, 0.3) is 5.57 Å². The van der Waals surface area contributed by atoms with E-state index in [-0.39, 0.29) is 27.5 Å². The molecule has 0 spiro atoms. The number of amides is 1. The van der Waals surface area contributed by atoms with Crippen LogP contribution in [0.15, 0.2) is 92.4 Å². The van der Waals surface area contributed by atoms with Gasteiger partial charge < -0.3 is 18.8 Å². The van der Waals surface area contributed by atoms with Gasteiger partial charge in [0.1, 0.15) is 10.3 Å². The van der Waals surface area contributed by atoms with E-state index in [4.69, 9.17) is 13.9 Å². The van der Waals surface area contributed by atoms with Crippen molar-refractivity contribution in [2.45, 2.75) is 52.0 Å². The first-order valence-corrected chi connectivity index (χ1v) is 16.1. The standard InChI is InChI=1S/C35H33N3O7S/c1-4-5-6-7-10-19-37-25-13-9-8-12-24(25)28(31(37)39)30-32(40)38-29(27(34(42)43-3)21(2)36-35(38)46-30)22-15-17-23(18-16-22)45-33(41)26-14-11-20-44-26/h8-9,11-18,20,29H,4-7,10,19H2,1-3H3/b30-28-/t29-/m0/s1. The zero-order chi connectivity index (χ0) is 32.4. The second-order valence-electron chi connectivity index (χ2n) is 11.1. The third kappa shape index (κ3) is 5.62. The van der Waals surface area contributed by atoms with Gasteiger partial charge in [-0.2, -0.15) is 0 Å². The number of hydrogen-bond acceptors (Lipinski definition) is 9. The Morgan fingerprint density at radius 1 is 0.957 bits per heavy atom. The third-order valence-electron chi connectivity index (χ3n) is 8.17. The van der Waals surface area contributed by atoms with Crippen LogP contribution in [0, 0.1) is 0 Å². The van der Waals surface area contributed by atoms with Gasteiger partial charge >= 0.3 is 11.9 Å². The molecule has 2 aliphatic heterocycles. The molecule has 0 bridgehead atoms. The maximum absolute atomic E-state index is 14.4. The van der Waals surface area contributed by atoms with Gasteiger partial charge in [0, 0.05) is 12.1 Å². The summed E-state index contributed by atoms with van der Waals surface area (Å²) in [5.41, 5.74) is 2.55. The molecule has 46 heavy (non-hydrogen) atoms. The van der Waals surface area contributed by atoms with Crippen molar-refractivity contribution >= 4 is 40.4 Å². The first kappa shape index (κ1) is 31.0. The van der Waals surface area contributed by atoms with E-state index < -0.39 is 23.5 Å².